The summed E-state index contributed by atoms with van der Waals surface area (Å²) in [5.41, 5.74) is 0.713. The molecule has 2 rings (SSSR count). The molecule has 0 amide bonds. The van der Waals surface area contributed by atoms with Gasteiger partial charge in [-0.05, 0) is 25.1 Å². The van der Waals surface area contributed by atoms with Crippen LogP contribution in [-0.2, 0) is 0 Å². The highest BCUT2D eigenvalue weighted by Gasteiger charge is 2.13. The summed E-state index contributed by atoms with van der Waals surface area (Å²) in [4.78, 5) is 4.14. The summed E-state index contributed by atoms with van der Waals surface area (Å²) < 4.78 is 5.06. The summed E-state index contributed by atoms with van der Waals surface area (Å²) in [5.74, 6) is 0.823. The Morgan fingerprint density at radius 1 is 1.25 bits per heavy atom. The first kappa shape index (κ1) is 11.7. The van der Waals surface area contributed by atoms with Crippen molar-refractivity contribution in [3.63, 3.8) is 0 Å². The van der Waals surface area contributed by atoms with Crippen molar-refractivity contribution in [3.05, 3.63) is 34.1 Å². The molecular weight excluding hydrogens is 270 g/mol. The number of hydrogen-bond acceptors (Lipinski definition) is 3. The lowest BCUT2D eigenvalue weighted by molar-refractivity contribution is 0.422. The van der Waals surface area contributed by atoms with E-state index in [0.29, 0.717) is 27.3 Å². The largest absolute Gasteiger partial charge is 0.334 e. The Hall–Kier alpha value is -0.770. The third-order valence-corrected chi connectivity index (χ3v) is 2.90. The fourth-order valence-corrected chi connectivity index (χ4v) is 1.53. The molecule has 0 fully saturated rings. The summed E-state index contributed by atoms with van der Waals surface area (Å²) in [6.45, 7) is 1.77. The van der Waals surface area contributed by atoms with Crippen LogP contribution in [0.3, 0.4) is 0 Å². The van der Waals surface area contributed by atoms with Crippen molar-refractivity contribution in [3.8, 4) is 11.5 Å². The number of hydrogen-bond donors (Lipinski definition) is 0. The second-order valence-electron chi connectivity index (χ2n) is 3.20. The quantitative estimate of drug-likeness (QED) is 0.766. The molecule has 84 valence electrons. The monoisotopic (exact) mass is 276 g/mol. The Balaban J connectivity index is 2.39. The van der Waals surface area contributed by atoms with Crippen LogP contribution in [0.4, 0.5) is 0 Å². The Bertz CT molecular complexity index is 511. The van der Waals surface area contributed by atoms with E-state index in [0.717, 1.165) is 0 Å². The van der Waals surface area contributed by atoms with Gasteiger partial charge < -0.3 is 4.52 Å². The molecule has 0 aliphatic heterocycles. The lowest BCUT2D eigenvalue weighted by atomic mass is 10.2. The van der Waals surface area contributed by atoms with Gasteiger partial charge in [0.15, 0.2) is 5.82 Å². The van der Waals surface area contributed by atoms with Crippen LogP contribution >= 0.6 is 34.8 Å². The van der Waals surface area contributed by atoms with Crippen LogP contribution in [0.2, 0.25) is 10.0 Å². The van der Waals surface area contributed by atoms with Gasteiger partial charge in [0, 0.05) is 5.56 Å². The third kappa shape index (κ3) is 2.32. The van der Waals surface area contributed by atoms with Gasteiger partial charge in [0.1, 0.15) is 0 Å². The van der Waals surface area contributed by atoms with E-state index in [1.165, 1.54) is 0 Å². The van der Waals surface area contributed by atoms with Crippen LogP contribution < -0.4 is 0 Å². The lowest BCUT2D eigenvalue weighted by Gasteiger charge is -1.97. The highest BCUT2D eigenvalue weighted by Crippen LogP contribution is 2.28. The van der Waals surface area contributed by atoms with Crippen LogP contribution in [0.25, 0.3) is 11.5 Å². The van der Waals surface area contributed by atoms with Crippen molar-refractivity contribution < 1.29 is 4.52 Å². The Morgan fingerprint density at radius 3 is 2.56 bits per heavy atom. The van der Waals surface area contributed by atoms with Gasteiger partial charge in [0.05, 0.1) is 15.4 Å². The zero-order valence-electron chi connectivity index (χ0n) is 8.25. The molecule has 16 heavy (non-hydrogen) atoms. The molecule has 0 N–H and O–H groups in total. The fourth-order valence-electron chi connectivity index (χ4n) is 1.14. The van der Waals surface area contributed by atoms with Gasteiger partial charge in [-0.1, -0.05) is 28.4 Å². The van der Waals surface area contributed by atoms with Gasteiger partial charge in [0.2, 0.25) is 0 Å². The molecule has 2 aromatic rings. The Labute approximate surface area is 107 Å². The molecule has 0 saturated heterocycles. The van der Waals surface area contributed by atoms with E-state index in [2.05, 4.69) is 10.1 Å². The van der Waals surface area contributed by atoms with Gasteiger partial charge in [0.25, 0.3) is 5.89 Å². The predicted molar refractivity (Wildman–Crippen MR) is 64.0 cm³/mol. The predicted octanol–water partition coefficient (Wildman–Crippen LogP) is 4.34. The molecule has 0 bridgehead atoms. The molecule has 3 nitrogen and oxygen atoms in total. The molecule has 0 radical (unpaired) electrons. The van der Waals surface area contributed by atoms with Crippen LogP contribution in [-0.4, -0.2) is 10.1 Å². The highest BCUT2D eigenvalue weighted by atomic mass is 35.5. The van der Waals surface area contributed by atoms with E-state index in [9.17, 15) is 0 Å². The first-order valence-electron chi connectivity index (χ1n) is 4.51. The summed E-state index contributed by atoms with van der Waals surface area (Å²) in [7, 11) is 0. The number of alkyl halides is 1. The molecule has 1 heterocycles. The molecule has 0 saturated carbocycles. The molecule has 0 aliphatic rings. The zero-order valence-corrected chi connectivity index (χ0v) is 10.5. The number of aromatic nitrogens is 2. The second kappa shape index (κ2) is 4.62. The van der Waals surface area contributed by atoms with E-state index < -0.39 is 0 Å². The summed E-state index contributed by atoms with van der Waals surface area (Å²) in [5, 5.41) is 4.38. The van der Waals surface area contributed by atoms with E-state index in [-0.39, 0.29) is 5.38 Å². The Morgan fingerprint density at radius 2 is 2.00 bits per heavy atom. The van der Waals surface area contributed by atoms with Gasteiger partial charge in [-0.3, -0.25) is 0 Å². The molecule has 1 unspecified atom stereocenters. The van der Waals surface area contributed by atoms with Crippen molar-refractivity contribution in [2.45, 2.75) is 12.3 Å². The summed E-state index contributed by atoms with van der Waals surface area (Å²) in [6, 6.07) is 5.09. The number of halogens is 3. The van der Waals surface area contributed by atoms with Crippen molar-refractivity contribution in [2.24, 2.45) is 0 Å². The zero-order chi connectivity index (χ0) is 11.7. The lowest BCUT2D eigenvalue weighted by Crippen LogP contribution is -1.86. The molecule has 1 aromatic heterocycles. The third-order valence-electron chi connectivity index (χ3n) is 1.96. The molecule has 0 aliphatic carbocycles. The van der Waals surface area contributed by atoms with Crippen molar-refractivity contribution in [1.82, 2.24) is 10.1 Å². The fraction of sp³-hybridized carbons (Fsp3) is 0.200. The van der Waals surface area contributed by atoms with E-state index in [1.807, 2.05) is 0 Å². The van der Waals surface area contributed by atoms with E-state index in [1.54, 1.807) is 25.1 Å². The summed E-state index contributed by atoms with van der Waals surface area (Å²) >= 11 is 17.5. The van der Waals surface area contributed by atoms with Crippen LogP contribution in [0, 0.1) is 0 Å². The van der Waals surface area contributed by atoms with E-state index in [4.69, 9.17) is 39.3 Å². The number of benzene rings is 1. The van der Waals surface area contributed by atoms with Crippen molar-refractivity contribution in [1.29, 1.82) is 0 Å². The summed E-state index contributed by atoms with van der Waals surface area (Å²) in [6.07, 6.45) is 0. The SMILES string of the molecule is CC(Cl)c1noc(-c2ccc(Cl)c(Cl)c2)n1. The maximum atomic E-state index is 5.89. The maximum Gasteiger partial charge on any atom is 0.258 e. The number of nitrogens with zero attached hydrogens (tertiary/aromatic N) is 2. The first-order valence-corrected chi connectivity index (χ1v) is 5.70. The average Bonchev–Trinajstić information content (AvgIpc) is 2.71. The van der Waals surface area contributed by atoms with E-state index >= 15 is 0 Å². The maximum absolute atomic E-state index is 5.89. The van der Waals surface area contributed by atoms with Crippen LogP contribution in [0.15, 0.2) is 22.7 Å². The van der Waals surface area contributed by atoms with Gasteiger partial charge in [-0.25, -0.2) is 0 Å². The van der Waals surface area contributed by atoms with Crippen molar-refractivity contribution >= 4 is 34.8 Å². The van der Waals surface area contributed by atoms with Gasteiger partial charge in [-0.15, -0.1) is 11.6 Å². The second-order valence-corrected chi connectivity index (χ2v) is 4.67. The topological polar surface area (TPSA) is 38.9 Å². The average molecular weight is 278 g/mol. The molecule has 1 atom stereocenters. The highest BCUT2D eigenvalue weighted by molar-refractivity contribution is 6.42. The van der Waals surface area contributed by atoms with Crippen LogP contribution in [0.5, 0.6) is 0 Å². The normalized spacial score (nSPS) is 12.8. The molecule has 6 heteroatoms. The minimum atomic E-state index is -0.291. The van der Waals surface area contributed by atoms with Gasteiger partial charge >= 0.3 is 0 Å². The molecular formula is C10H7Cl3N2O. The smallest absolute Gasteiger partial charge is 0.258 e. The molecule has 0 spiro atoms. The minimum absolute atomic E-state index is 0.291. The van der Waals surface area contributed by atoms with Crippen molar-refractivity contribution in [2.75, 3.05) is 0 Å². The molecule has 1 aromatic carbocycles. The first-order chi connectivity index (χ1) is 7.58. The number of rotatable bonds is 2. The van der Waals surface area contributed by atoms with Gasteiger partial charge in [-0.2, -0.15) is 4.98 Å². The van der Waals surface area contributed by atoms with Crippen LogP contribution in [0.1, 0.15) is 18.1 Å². The minimum Gasteiger partial charge on any atom is -0.334 e. The Kier molecular flexibility index (Phi) is 3.38. The standard InChI is InChI=1S/C10H7Cl3N2O/c1-5(11)9-14-10(16-15-9)6-2-3-7(12)8(13)4-6/h2-5H,1H3.